The highest BCUT2D eigenvalue weighted by molar-refractivity contribution is 8.15. The van der Waals surface area contributed by atoms with E-state index in [-0.39, 0.29) is 17.6 Å². The van der Waals surface area contributed by atoms with Gasteiger partial charge in [-0.2, -0.15) is 0 Å². The Kier molecular flexibility index (Phi) is 9.56. The summed E-state index contributed by atoms with van der Waals surface area (Å²) in [5.74, 6) is 1.41. The van der Waals surface area contributed by atoms with Gasteiger partial charge in [0.1, 0.15) is 5.76 Å². The van der Waals surface area contributed by atoms with Crippen molar-refractivity contribution in [3.8, 4) is 11.5 Å². The molecule has 1 atom stereocenters. The lowest BCUT2D eigenvalue weighted by atomic mass is 9.99. The second kappa shape index (κ2) is 11.9. The molecule has 0 aliphatic carbocycles. The highest BCUT2D eigenvalue weighted by Crippen LogP contribution is 2.44. The predicted octanol–water partition coefficient (Wildman–Crippen LogP) is 5.33. The molecule has 1 aliphatic rings. The van der Waals surface area contributed by atoms with Gasteiger partial charge in [-0.1, -0.05) is 57.2 Å². The SMILES string of the molecule is CCCCCCCCC1(C)SC(=O)C=C1OCC(=O)Nc1ccc(OC)c(OC)c1. The van der Waals surface area contributed by atoms with Crippen molar-refractivity contribution in [2.45, 2.75) is 63.5 Å². The van der Waals surface area contributed by atoms with Gasteiger partial charge in [0, 0.05) is 17.8 Å². The average Bonchev–Trinajstić information content (AvgIpc) is 3.02. The highest BCUT2D eigenvalue weighted by atomic mass is 32.2. The Bertz CT molecular complexity index is 764. The molecule has 0 spiro atoms. The summed E-state index contributed by atoms with van der Waals surface area (Å²) < 4.78 is 15.8. The molecular formula is C23H33NO5S. The van der Waals surface area contributed by atoms with Gasteiger partial charge in [0.2, 0.25) is 5.12 Å². The molecule has 0 saturated heterocycles. The second-order valence-electron chi connectivity index (χ2n) is 7.58. The molecule has 6 nitrogen and oxygen atoms in total. The smallest absolute Gasteiger partial charge is 0.262 e. The quantitative estimate of drug-likeness (QED) is 0.422. The number of rotatable bonds is 13. The minimum Gasteiger partial charge on any atom is -0.493 e. The van der Waals surface area contributed by atoms with Gasteiger partial charge in [0.05, 0.1) is 19.0 Å². The number of carbonyl (C=O) groups is 2. The first-order valence-corrected chi connectivity index (χ1v) is 11.3. The number of unbranched alkanes of at least 4 members (excludes halogenated alkanes) is 5. The Morgan fingerprint density at radius 3 is 2.47 bits per heavy atom. The zero-order chi connectivity index (χ0) is 22.0. The molecule has 1 amide bonds. The van der Waals surface area contributed by atoms with Gasteiger partial charge in [0.25, 0.3) is 5.91 Å². The first-order valence-electron chi connectivity index (χ1n) is 10.5. The van der Waals surface area contributed by atoms with Crippen LogP contribution >= 0.6 is 11.8 Å². The van der Waals surface area contributed by atoms with E-state index < -0.39 is 4.75 Å². The number of thioether (sulfide) groups is 1. The molecule has 0 saturated carbocycles. The minimum absolute atomic E-state index is 0.0150. The Balaban J connectivity index is 1.86. The molecule has 1 N–H and O–H groups in total. The Morgan fingerprint density at radius 2 is 1.77 bits per heavy atom. The first kappa shape index (κ1) is 24.1. The maximum absolute atomic E-state index is 12.3. The molecule has 1 unspecified atom stereocenters. The lowest BCUT2D eigenvalue weighted by molar-refractivity contribution is -0.119. The van der Waals surface area contributed by atoms with Crippen LogP contribution in [0, 0.1) is 0 Å². The number of anilines is 1. The summed E-state index contributed by atoms with van der Waals surface area (Å²) in [6.45, 7) is 4.07. The van der Waals surface area contributed by atoms with Crippen LogP contribution in [0.1, 0.15) is 58.8 Å². The second-order valence-corrected chi connectivity index (χ2v) is 9.09. The number of hydrogen-bond donors (Lipinski definition) is 1. The van der Waals surface area contributed by atoms with Gasteiger partial charge >= 0.3 is 0 Å². The van der Waals surface area contributed by atoms with Crippen LogP contribution < -0.4 is 14.8 Å². The summed E-state index contributed by atoms with van der Waals surface area (Å²) in [7, 11) is 3.10. The Hall–Kier alpha value is -2.15. The number of carbonyl (C=O) groups excluding carboxylic acids is 2. The lowest BCUT2D eigenvalue weighted by Gasteiger charge is -2.26. The fraction of sp³-hybridized carbons (Fsp3) is 0.565. The van der Waals surface area contributed by atoms with Crippen molar-refractivity contribution in [3.05, 3.63) is 30.0 Å². The fourth-order valence-corrected chi connectivity index (χ4v) is 4.50. The van der Waals surface area contributed by atoms with E-state index in [0.29, 0.717) is 22.9 Å². The van der Waals surface area contributed by atoms with Crippen molar-refractivity contribution in [3.63, 3.8) is 0 Å². The number of methoxy groups -OCH3 is 2. The van der Waals surface area contributed by atoms with Gasteiger partial charge in [-0.05, 0) is 25.5 Å². The van der Waals surface area contributed by atoms with Gasteiger partial charge in [-0.15, -0.1) is 0 Å². The summed E-state index contributed by atoms with van der Waals surface area (Å²) in [5, 5.41) is 2.77. The number of nitrogens with one attached hydrogen (secondary N) is 1. The van der Waals surface area contributed by atoms with Crippen LogP contribution in [0.4, 0.5) is 5.69 Å². The molecule has 2 rings (SSSR count). The average molecular weight is 436 g/mol. The van der Waals surface area contributed by atoms with E-state index in [0.717, 1.165) is 19.3 Å². The standard InChI is InChI=1S/C23H33NO5S/c1-5-6-7-8-9-10-13-23(2)20(15-22(26)30-23)29-16-21(25)24-17-11-12-18(27-3)19(14-17)28-4/h11-12,14-15H,5-10,13,16H2,1-4H3,(H,24,25). The maximum Gasteiger partial charge on any atom is 0.262 e. The zero-order valence-corrected chi connectivity index (χ0v) is 19.2. The lowest BCUT2D eigenvalue weighted by Crippen LogP contribution is -2.26. The topological polar surface area (TPSA) is 73.9 Å². The van der Waals surface area contributed by atoms with Gasteiger partial charge in [0.15, 0.2) is 18.1 Å². The summed E-state index contributed by atoms with van der Waals surface area (Å²) in [6, 6.07) is 5.14. The molecule has 0 bridgehead atoms. The third-order valence-corrected chi connectivity index (χ3v) is 6.30. The first-order chi connectivity index (χ1) is 14.4. The summed E-state index contributed by atoms with van der Waals surface area (Å²) in [4.78, 5) is 24.3. The van der Waals surface area contributed by atoms with E-state index in [2.05, 4.69) is 12.2 Å². The fourth-order valence-electron chi connectivity index (χ4n) is 3.43. The Labute approximate surface area is 183 Å². The van der Waals surface area contributed by atoms with Crippen LogP contribution in [0.3, 0.4) is 0 Å². The van der Waals surface area contributed by atoms with Crippen LogP contribution in [0.5, 0.6) is 11.5 Å². The molecule has 0 aromatic heterocycles. The van der Waals surface area contributed by atoms with Crippen LogP contribution in [0.15, 0.2) is 30.0 Å². The molecule has 7 heteroatoms. The third-order valence-electron chi connectivity index (χ3n) is 5.13. The van der Waals surface area contributed by atoms with E-state index in [9.17, 15) is 9.59 Å². The van der Waals surface area contributed by atoms with Gasteiger partial charge < -0.3 is 19.5 Å². The largest absolute Gasteiger partial charge is 0.493 e. The molecule has 0 radical (unpaired) electrons. The third kappa shape index (κ3) is 6.97. The monoisotopic (exact) mass is 435 g/mol. The van der Waals surface area contributed by atoms with Crippen molar-refractivity contribution in [2.75, 3.05) is 26.1 Å². The highest BCUT2D eigenvalue weighted by Gasteiger charge is 2.39. The maximum atomic E-state index is 12.3. The van der Waals surface area contributed by atoms with E-state index in [1.807, 2.05) is 6.92 Å². The molecule has 1 aromatic carbocycles. The van der Waals surface area contributed by atoms with Crippen molar-refractivity contribution in [1.29, 1.82) is 0 Å². The summed E-state index contributed by atoms with van der Waals surface area (Å²) in [5.41, 5.74) is 0.585. The number of benzene rings is 1. The number of ether oxygens (including phenoxy) is 3. The zero-order valence-electron chi connectivity index (χ0n) is 18.4. The number of amides is 1. The molecule has 1 aromatic rings. The van der Waals surface area contributed by atoms with Crippen LogP contribution in [0.2, 0.25) is 0 Å². The van der Waals surface area contributed by atoms with E-state index in [4.69, 9.17) is 14.2 Å². The molecule has 1 heterocycles. The van der Waals surface area contributed by atoms with Crippen LogP contribution in [-0.4, -0.2) is 36.6 Å². The minimum atomic E-state index is -0.397. The predicted molar refractivity (Wildman–Crippen MR) is 121 cm³/mol. The normalized spacial score (nSPS) is 18.1. The summed E-state index contributed by atoms with van der Waals surface area (Å²) in [6.07, 6.45) is 9.55. The van der Waals surface area contributed by atoms with Crippen molar-refractivity contribution >= 4 is 28.5 Å². The van der Waals surface area contributed by atoms with E-state index >= 15 is 0 Å². The van der Waals surface area contributed by atoms with Crippen molar-refractivity contribution < 1.29 is 23.8 Å². The molecule has 166 valence electrons. The van der Waals surface area contributed by atoms with Crippen LogP contribution in [0.25, 0.3) is 0 Å². The molecule has 30 heavy (non-hydrogen) atoms. The van der Waals surface area contributed by atoms with E-state index in [1.165, 1.54) is 43.5 Å². The molecular weight excluding hydrogens is 402 g/mol. The Morgan fingerprint density at radius 1 is 1.07 bits per heavy atom. The van der Waals surface area contributed by atoms with Crippen LogP contribution in [-0.2, 0) is 14.3 Å². The molecule has 1 aliphatic heterocycles. The van der Waals surface area contributed by atoms with Crippen molar-refractivity contribution in [1.82, 2.24) is 0 Å². The van der Waals surface area contributed by atoms with Gasteiger partial charge in [-0.3, -0.25) is 9.59 Å². The van der Waals surface area contributed by atoms with Crippen molar-refractivity contribution in [2.24, 2.45) is 0 Å². The number of hydrogen-bond acceptors (Lipinski definition) is 6. The summed E-state index contributed by atoms with van der Waals surface area (Å²) >= 11 is 1.29. The molecule has 0 fully saturated rings. The van der Waals surface area contributed by atoms with Gasteiger partial charge in [-0.25, -0.2) is 0 Å². The van der Waals surface area contributed by atoms with E-state index in [1.54, 1.807) is 32.4 Å².